The van der Waals surface area contributed by atoms with Gasteiger partial charge in [-0.05, 0) is 13.3 Å². The Balaban J connectivity index is -0.000000188. The molecule has 0 spiro atoms. The van der Waals surface area contributed by atoms with Crippen molar-refractivity contribution in [2.75, 3.05) is 6.61 Å². The Hall–Kier alpha value is -1.39. The average Bonchev–Trinajstić information content (AvgIpc) is 2.17. The second-order valence-corrected chi connectivity index (χ2v) is 3.27. The maximum atomic E-state index is 10.1. The fourth-order valence-corrected chi connectivity index (χ4v) is 0.360. The van der Waals surface area contributed by atoms with E-state index in [-0.39, 0.29) is 11.8 Å². The maximum Gasteiger partial charge on any atom is 0.302 e. The van der Waals surface area contributed by atoms with E-state index in [9.17, 15) is 9.59 Å². The molecule has 0 bridgehead atoms. The van der Waals surface area contributed by atoms with Gasteiger partial charge in [0.25, 0.3) is 5.97 Å². The highest BCUT2D eigenvalue weighted by molar-refractivity contribution is 5.74. The lowest BCUT2D eigenvalue weighted by molar-refractivity contribution is -0.141. The largest absolute Gasteiger partial charge is 0.481 e. The van der Waals surface area contributed by atoms with Gasteiger partial charge in [0.1, 0.15) is 5.78 Å². The Bertz CT molecular complexity index is 207. The monoisotopic (exact) mass is 248 g/mol. The summed E-state index contributed by atoms with van der Waals surface area (Å²) in [6.45, 7) is 8.58. The minimum absolute atomic E-state index is 0.182. The second-order valence-electron chi connectivity index (χ2n) is 3.27. The van der Waals surface area contributed by atoms with Crippen molar-refractivity contribution in [1.29, 1.82) is 0 Å². The van der Waals surface area contributed by atoms with Crippen LogP contribution in [0.1, 0.15) is 53.9 Å². The van der Waals surface area contributed by atoms with Gasteiger partial charge < -0.3 is 14.6 Å². The Labute approximate surface area is 103 Å². The summed E-state index contributed by atoms with van der Waals surface area (Å²) in [4.78, 5) is 28.9. The summed E-state index contributed by atoms with van der Waals surface area (Å²) in [6, 6.07) is 0. The highest BCUT2D eigenvalue weighted by atomic mass is 16.5. The summed E-state index contributed by atoms with van der Waals surface area (Å²) in [6.07, 6.45) is 2.72. The molecule has 0 aromatic heterocycles. The van der Waals surface area contributed by atoms with Gasteiger partial charge in [-0.1, -0.05) is 20.3 Å². The van der Waals surface area contributed by atoms with Crippen molar-refractivity contribution in [3.63, 3.8) is 0 Å². The number of esters is 1. The first-order chi connectivity index (χ1) is 7.77. The van der Waals surface area contributed by atoms with E-state index in [4.69, 9.17) is 9.90 Å². The first-order valence-electron chi connectivity index (χ1n) is 5.60. The third-order valence-corrected chi connectivity index (χ3v) is 1.30. The van der Waals surface area contributed by atoms with Gasteiger partial charge in [0.15, 0.2) is 0 Å². The van der Waals surface area contributed by atoms with Crippen LogP contribution in [0.2, 0.25) is 0 Å². The van der Waals surface area contributed by atoms with Crippen LogP contribution in [-0.4, -0.2) is 29.4 Å². The molecule has 0 aliphatic rings. The van der Waals surface area contributed by atoms with Crippen LogP contribution in [0.25, 0.3) is 0 Å². The number of carbonyl (C=O) groups excluding carboxylic acids is 2. The topological polar surface area (TPSA) is 80.7 Å². The van der Waals surface area contributed by atoms with Crippen molar-refractivity contribution in [2.24, 2.45) is 0 Å². The van der Waals surface area contributed by atoms with Gasteiger partial charge in [-0.25, -0.2) is 0 Å². The number of unbranched alkanes of at least 4 members (excludes halogenated alkanes) is 1. The molecule has 0 aliphatic heterocycles. The van der Waals surface area contributed by atoms with Crippen LogP contribution in [0.3, 0.4) is 0 Å². The molecule has 0 radical (unpaired) electrons. The van der Waals surface area contributed by atoms with Gasteiger partial charge in [-0.15, -0.1) is 0 Å². The molecule has 102 valence electrons. The summed E-state index contributed by atoms with van der Waals surface area (Å²) in [7, 11) is 0. The third kappa shape index (κ3) is 73.8. The molecule has 0 saturated carbocycles. The van der Waals surface area contributed by atoms with E-state index in [1.807, 2.05) is 6.92 Å². The minimum Gasteiger partial charge on any atom is -0.481 e. The lowest BCUT2D eigenvalue weighted by atomic mass is 10.4. The van der Waals surface area contributed by atoms with Crippen molar-refractivity contribution < 1.29 is 24.2 Å². The van der Waals surface area contributed by atoms with Crippen LogP contribution >= 0.6 is 0 Å². The van der Waals surface area contributed by atoms with Gasteiger partial charge in [-0.3, -0.25) is 9.59 Å². The molecular weight excluding hydrogens is 224 g/mol. The van der Waals surface area contributed by atoms with Crippen LogP contribution in [0.4, 0.5) is 0 Å². The number of hydrogen-bond acceptors (Lipinski definition) is 4. The molecule has 1 N–H and O–H groups in total. The fourth-order valence-electron chi connectivity index (χ4n) is 0.360. The van der Waals surface area contributed by atoms with Gasteiger partial charge in [-0.2, -0.15) is 0 Å². The molecule has 5 heteroatoms. The number of ketones is 1. The van der Waals surface area contributed by atoms with Gasteiger partial charge >= 0.3 is 5.97 Å². The van der Waals surface area contributed by atoms with E-state index >= 15 is 0 Å². The molecule has 5 nitrogen and oxygen atoms in total. The van der Waals surface area contributed by atoms with Crippen molar-refractivity contribution in [3.05, 3.63) is 0 Å². The zero-order valence-corrected chi connectivity index (χ0v) is 11.4. The van der Waals surface area contributed by atoms with E-state index in [0.29, 0.717) is 13.0 Å². The molecular formula is C12H24O5. The van der Waals surface area contributed by atoms with Crippen molar-refractivity contribution in [1.82, 2.24) is 0 Å². The smallest absolute Gasteiger partial charge is 0.302 e. The molecule has 0 atom stereocenters. The summed E-state index contributed by atoms with van der Waals surface area (Å²) in [5.41, 5.74) is 0. The standard InChI is InChI=1S/C6H12O2.C4H8O.C2H4O2/c1-3-4-5-8-6(2)7;1-3-4(2)5;1-2(3)4/h3-5H2,1-2H3;3H2,1-2H3;1H3,(H,3,4). The highest BCUT2D eigenvalue weighted by Crippen LogP contribution is 1.86. The molecule has 0 fully saturated rings. The number of carboxylic acids is 1. The van der Waals surface area contributed by atoms with E-state index in [0.717, 1.165) is 19.8 Å². The van der Waals surface area contributed by atoms with Crippen molar-refractivity contribution >= 4 is 17.7 Å². The molecule has 17 heavy (non-hydrogen) atoms. The fraction of sp³-hybridized carbons (Fsp3) is 0.750. The number of rotatable bonds is 4. The minimum atomic E-state index is -0.833. The number of Topliss-reactive ketones (excluding diaryl/α,β-unsaturated/α-hetero) is 1. The van der Waals surface area contributed by atoms with Crippen molar-refractivity contribution in [2.45, 2.75) is 53.9 Å². The Morgan fingerprint density at radius 1 is 1.06 bits per heavy atom. The Morgan fingerprint density at radius 2 is 1.41 bits per heavy atom. The molecule has 0 unspecified atom stereocenters. The normalized spacial score (nSPS) is 7.82. The average molecular weight is 248 g/mol. The first-order valence-corrected chi connectivity index (χ1v) is 5.60. The highest BCUT2D eigenvalue weighted by Gasteiger charge is 1.88. The first kappa shape index (κ1) is 21.0. The summed E-state index contributed by atoms with van der Waals surface area (Å²) in [5, 5.41) is 7.42. The number of ether oxygens (including phenoxy) is 1. The molecule has 0 rings (SSSR count). The second kappa shape index (κ2) is 17.0. The summed E-state index contributed by atoms with van der Waals surface area (Å²) >= 11 is 0. The molecule has 0 amide bonds. The number of carbonyl (C=O) groups is 3. The third-order valence-electron chi connectivity index (χ3n) is 1.30. The van der Waals surface area contributed by atoms with E-state index in [2.05, 4.69) is 11.7 Å². The summed E-state index contributed by atoms with van der Waals surface area (Å²) in [5.74, 6) is -0.761. The molecule has 0 aliphatic carbocycles. The predicted octanol–water partition coefficient (Wildman–Crippen LogP) is 2.43. The van der Waals surface area contributed by atoms with Gasteiger partial charge in [0, 0.05) is 20.3 Å². The maximum absolute atomic E-state index is 10.1. The van der Waals surface area contributed by atoms with Gasteiger partial charge in [0.2, 0.25) is 0 Å². The van der Waals surface area contributed by atoms with E-state index < -0.39 is 5.97 Å². The van der Waals surface area contributed by atoms with Gasteiger partial charge in [0.05, 0.1) is 6.61 Å². The zero-order valence-electron chi connectivity index (χ0n) is 11.4. The van der Waals surface area contributed by atoms with E-state index in [1.54, 1.807) is 6.92 Å². The number of carboxylic acid groups (broad SMARTS) is 1. The van der Waals surface area contributed by atoms with Crippen LogP contribution < -0.4 is 0 Å². The Kier molecular flexibility index (Phi) is 21.0. The molecule has 0 saturated heterocycles. The molecule has 0 aromatic carbocycles. The van der Waals surface area contributed by atoms with Crippen LogP contribution in [0, 0.1) is 0 Å². The van der Waals surface area contributed by atoms with Crippen molar-refractivity contribution in [3.8, 4) is 0 Å². The zero-order chi connectivity index (χ0) is 14.3. The van der Waals surface area contributed by atoms with Crippen LogP contribution in [0.5, 0.6) is 0 Å². The quantitative estimate of drug-likeness (QED) is 0.610. The van der Waals surface area contributed by atoms with Crippen LogP contribution in [0.15, 0.2) is 0 Å². The molecule has 0 aromatic rings. The number of aliphatic carboxylic acids is 1. The van der Waals surface area contributed by atoms with Crippen LogP contribution in [-0.2, 0) is 19.1 Å². The predicted molar refractivity (Wildman–Crippen MR) is 65.8 cm³/mol. The molecule has 0 heterocycles. The van der Waals surface area contributed by atoms with E-state index in [1.165, 1.54) is 6.92 Å². The Morgan fingerprint density at radius 3 is 1.59 bits per heavy atom. The lowest BCUT2D eigenvalue weighted by Gasteiger charge is -1.96. The SMILES string of the molecule is CC(=O)O.CCC(C)=O.CCCCOC(C)=O. The lowest BCUT2D eigenvalue weighted by Crippen LogP contribution is -1.99. The summed E-state index contributed by atoms with van der Waals surface area (Å²) < 4.78 is 4.64. The number of hydrogen-bond donors (Lipinski definition) is 1.